The number of carbonyl (C=O) groups is 2. The maximum atomic E-state index is 13.9. The summed E-state index contributed by atoms with van der Waals surface area (Å²) in [7, 11) is 0. The van der Waals surface area contributed by atoms with Crippen molar-refractivity contribution in [2.24, 2.45) is 0 Å². The number of benzene rings is 2. The van der Waals surface area contributed by atoms with E-state index in [0.29, 0.717) is 28.9 Å². The number of amides is 2. The van der Waals surface area contributed by atoms with Crippen molar-refractivity contribution in [1.82, 2.24) is 14.8 Å². The Morgan fingerprint density at radius 3 is 2.82 bits per heavy atom. The number of nitrogens with zero attached hydrogens (tertiary/aromatic N) is 4. The fourth-order valence-corrected chi connectivity index (χ4v) is 4.33. The van der Waals surface area contributed by atoms with Crippen molar-refractivity contribution in [2.45, 2.75) is 30.5 Å². The van der Waals surface area contributed by atoms with Gasteiger partial charge in [-0.3, -0.25) is 19.1 Å². The summed E-state index contributed by atoms with van der Waals surface area (Å²) in [6.07, 6.45) is 1.68. The van der Waals surface area contributed by atoms with Crippen molar-refractivity contribution < 1.29 is 18.7 Å². The first-order valence-electron chi connectivity index (χ1n) is 10.2. The van der Waals surface area contributed by atoms with E-state index in [1.54, 1.807) is 47.9 Å². The third kappa shape index (κ3) is 4.90. The number of para-hydroxylation sites is 3. The minimum atomic E-state index is -0.544. The third-order valence-electron chi connectivity index (χ3n) is 4.97. The Morgan fingerprint density at radius 1 is 1.27 bits per heavy atom. The van der Waals surface area contributed by atoms with Crippen molar-refractivity contribution in [3.63, 3.8) is 0 Å². The summed E-state index contributed by atoms with van der Waals surface area (Å²) in [4.78, 5) is 26.8. The lowest BCUT2D eigenvalue weighted by Crippen LogP contribution is -2.45. The van der Waals surface area contributed by atoms with Crippen LogP contribution in [0.5, 0.6) is 5.75 Å². The summed E-state index contributed by atoms with van der Waals surface area (Å²) in [6.45, 7) is 5.86. The molecule has 0 saturated heterocycles. The van der Waals surface area contributed by atoms with Crippen molar-refractivity contribution in [3.8, 4) is 5.75 Å². The minimum Gasteiger partial charge on any atom is -0.483 e. The molecule has 4 rings (SSSR count). The van der Waals surface area contributed by atoms with Gasteiger partial charge in [-0.05, 0) is 31.2 Å². The van der Waals surface area contributed by atoms with Gasteiger partial charge in [0.25, 0.3) is 0 Å². The molecule has 1 aromatic heterocycles. The van der Waals surface area contributed by atoms with Crippen molar-refractivity contribution in [2.75, 3.05) is 16.8 Å². The molecule has 0 unspecified atom stereocenters. The van der Waals surface area contributed by atoms with Crippen molar-refractivity contribution in [3.05, 3.63) is 72.8 Å². The summed E-state index contributed by atoms with van der Waals surface area (Å²) >= 11 is 1.22. The summed E-state index contributed by atoms with van der Waals surface area (Å²) in [6, 6.07) is 13.3. The molecule has 1 N–H and O–H groups in total. The second-order valence-corrected chi connectivity index (χ2v) is 8.57. The van der Waals surface area contributed by atoms with E-state index < -0.39 is 11.1 Å². The summed E-state index contributed by atoms with van der Waals surface area (Å²) in [5, 5.41) is 11.1. The Labute approximate surface area is 194 Å². The summed E-state index contributed by atoms with van der Waals surface area (Å²) in [5.74, 6) is -0.346. The van der Waals surface area contributed by atoms with Crippen molar-refractivity contribution in [1.29, 1.82) is 0 Å². The molecule has 0 bridgehead atoms. The average molecular weight is 468 g/mol. The highest BCUT2D eigenvalue weighted by Gasteiger charge is 2.31. The SMILES string of the molecule is C=CCn1c(COc2ccccc2F)nnc1S[C@H](C)C(=O)N1CC(=O)Nc2ccccc21. The van der Waals surface area contributed by atoms with E-state index in [1.807, 2.05) is 6.07 Å². The molecule has 0 saturated carbocycles. The Morgan fingerprint density at radius 2 is 2.03 bits per heavy atom. The molecule has 10 heteroatoms. The number of carbonyl (C=O) groups excluding carboxylic acids is 2. The highest BCUT2D eigenvalue weighted by molar-refractivity contribution is 8.00. The van der Waals surface area contributed by atoms with Crippen LogP contribution in [-0.2, 0) is 22.7 Å². The molecule has 1 atom stereocenters. The first-order chi connectivity index (χ1) is 16.0. The van der Waals surface area contributed by atoms with Gasteiger partial charge in [-0.2, -0.15) is 0 Å². The van der Waals surface area contributed by atoms with Gasteiger partial charge in [0.15, 0.2) is 22.5 Å². The molecule has 2 heterocycles. The summed E-state index contributed by atoms with van der Waals surface area (Å²) in [5.41, 5.74) is 1.25. The molecule has 2 amide bonds. The second kappa shape index (κ2) is 9.86. The maximum absolute atomic E-state index is 13.9. The quantitative estimate of drug-likeness (QED) is 0.402. The number of rotatable bonds is 8. The number of aromatic nitrogens is 3. The first-order valence-corrected chi connectivity index (χ1v) is 11.1. The fraction of sp³-hybridized carbons (Fsp3) is 0.217. The van der Waals surface area contributed by atoms with Crippen molar-refractivity contribution >= 4 is 35.0 Å². The molecular formula is C23H22FN5O3S. The lowest BCUT2D eigenvalue weighted by atomic mass is 10.2. The molecular weight excluding hydrogens is 445 g/mol. The van der Waals surface area contributed by atoms with E-state index in [4.69, 9.17) is 4.74 Å². The molecule has 2 aromatic carbocycles. The van der Waals surface area contributed by atoms with Crippen LogP contribution in [0.2, 0.25) is 0 Å². The van der Waals surface area contributed by atoms with E-state index in [0.717, 1.165) is 0 Å². The number of halogens is 1. The van der Waals surface area contributed by atoms with Crippen LogP contribution in [0.25, 0.3) is 0 Å². The molecule has 3 aromatic rings. The van der Waals surface area contributed by atoms with Gasteiger partial charge in [0.05, 0.1) is 16.6 Å². The molecule has 0 spiro atoms. The van der Waals surface area contributed by atoms with E-state index in [2.05, 4.69) is 22.1 Å². The van der Waals surface area contributed by atoms with Crippen LogP contribution < -0.4 is 15.0 Å². The van der Waals surface area contributed by atoms with Crippen LogP contribution in [0, 0.1) is 5.82 Å². The third-order valence-corrected chi connectivity index (χ3v) is 6.03. The van der Waals surface area contributed by atoms with E-state index in [9.17, 15) is 14.0 Å². The van der Waals surface area contributed by atoms with Gasteiger partial charge in [-0.15, -0.1) is 16.8 Å². The smallest absolute Gasteiger partial charge is 0.244 e. The number of thioether (sulfide) groups is 1. The van der Waals surface area contributed by atoms with Gasteiger partial charge in [0, 0.05) is 6.54 Å². The van der Waals surface area contributed by atoms with Crippen LogP contribution in [0.1, 0.15) is 12.7 Å². The zero-order chi connectivity index (χ0) is 23.4. The predicted octanol–water partition coefficient (Wildman–Crippen LogP) is 3.65. The molecule has 170 valence electrons. The molecule has 1 aliphatic heterocycles. The van der Waals surface area contributed by atoms with Gasteiger partial charge in [0.2, 0.25) is 11.8 Å². The van der Waals surface area contributed by atoms with Gasteiger partial charge >= 0.3 is 0 Å². The Kier molecular flexibility index (Phi) is 6.74. The topological polar surface area (TPSA) is 89.3 Å². The predicted molar refractivity (Wildman–Crippen MR) is 124 cm³/mol. The average Bonchev–Trinajstić information content (AvgIpc) is 3.18. The second-order valence-electron chi connectivity index (χ2n) is 7.27. The van der Waals surface area contributed by atoms with E-state index >= 15 is 0 Å². The molecule has 0 aliphatic carbocycles. The molecule has 8 nitrogen and oxygen atoms in total. The number of ether oxygens (including phenoxy) is 1. The lowest BCUT2D eigenvalue weighted by Gasteiger charge is -2.30. The normalized spacial score (nSPS) is 13.8. The van der Waals surface area contributed by atoms with Gasteiger partial charge in [-0.25, -0.2) is 4.39 Å². The number of fused-ring (bicyclic) bond motifs is 1. The molecule has 1 aliphatic rings. The van der Waals surface area contributed by atoms with Crippen LogP contribution in [0.15, 0.2) is 66.3 Å². The highest BCUT2D eigenvalue weighted by Crippen LogP contribution is 2.32. The first kappa shape index (κ1) is 22.5. The zero-order valence-corrected chi connectivity index (χ0v) is 18.7. The molecule has 0 fully saturated rings. The van der Waals surface area contributed by atoms with Gasteiger partial charge in [0.1, 0.15) is 13.2 Å². The van der Waals surface area contributed by atoms with E-state index in [-0.39, 0.29) is 30.7 Å². The standard InChI is InChI=1S/C23H22FN5O3S/c1-3-12-28-20(14-32-19-11-7-4-8-16(19)24)26-27-23(28)33-15(2)22(31)29-13-21(30)25-17-9-5-6-10-18(17)29/h3-11,15H,1,12-14H2,2H3,(H,25,30)/t15-/m1/s1. The molecule has 0 radical (unpaired) electrons. The maximum Gasteiger partial charge on any atom is 0.244 e. The van der Waals surface area contributed by atoms with Crippen LogP contribution >= 0.6 is 11.8 Å². The highest BCUT2D eigenvalue weighted by atomic mass is 32.2. The summed E-state index contributed by atoms with van der Waals surface area (Å²) < 4.78 is 21.2. The minimum absolute atomic E-state index is 0.00430. The largest absolute Gasteiger partial charge is 0.483 e. The lowest BCUT2D eigenvalue weighted by molar-refractivity contribution is -0.121. The number of anilines is 2. The number of hydrogen-bond acceptors (Lipinski definition) is 6. The molecule has 33 heavy (non-hydrogen) atoms. The monoisotopic (exact) mass is 467 g/mol. The van der Waals surface area contributed by atoms with Gasteiger partial charge in [-0.1, -0.05) is 42.1 Å². The Balaban J connectivity index is 1.50. The van der Waals surface area contributed by atoms with Gasteiger partial charge < -0.3 is 10.1 Å². The number of allylic oxidation sites excluding steroid dienone is 1. The van der Waals surface area contributed by atoms with E-state index in [1.165, 1.54) is 28.8 Å². The number of hydrogen-bond donors (Lipinski definition) is 1. The fourth-order valence-electron chi connectivity index (χ4n) is 3.39. The van der Waals surface area contributed by atoms with Crippen LogP contribution in [0.4, 0.5) is 15.8 Å². The van der Waals surface area contributed by atoms with Crippen LogP contribution in [-0.4, -0.2) is 38.4 Å². The van der Waals surface area contributed by atoms with Crippen LogP contribution in [0.3, 0.4) is 0 Å². The Bertz CT molecular complexity index is 1200. The Hall–Kier alpha value is -3.66. The zero-order valence-electron chi connectivity index (χ0n) is 17.9. The number of nitrogens with one attached hydrogen (secondary N) is 1.